The fourth-order valence-electron chi connectivity index (χ4n) is 5.02. The zero-order chi connectivity index (χ0) is 25.5. The molecule has 0 unspecified atom stereocenters. The summed E-state index contributed by atoms with van der Waals surface area (Å²) in [5.74, 6) is 3.42. The molecule has 6 rings (SSSR count). The van der Waals surface area contributed by atoms with E-state index in [1.165, 1.54) is 23.9 Å². The molecule has 11 heteroatoms. The fraction of sp³-hybridized carbons (Fsp3) is 0.346. The second-order valence-electron chi connectivity index (χ2n) is 9.60. The van der Waals surface area contributed by atoms with Crippen LogP contribution < -0.4 is 9.80 Å². The Hall–Kier alpha value is -3.73. The number of rotatable bonds is 6. The molecule has 1 aromatic carbocycles. The van der Waals surface area contributed by atoms with Gasteiger partial charge < -0.3 is 14.8 Å². The zero-order valence-corrected chi connectivity index (χ0v) is 21.8. The monoisotopic (exact) mass is 517 g/mol. The van der Waals surface area contributed by atoms with E-state index in [-0.39, 0.29) is 11.9 Å². The Morgan fingerprint density at radius 1 is 1.16 bits per heavy atom. The molecule has 1 aliphatic heterocycles. The van der Waals surface area contributed by atoms with Gasteiger partial charge in [0, 0.05) is 43.8 Å². The van der Waals surface area contributed by atoms with Crippen LogP contribution in [-0.4, -0.2) is 60.7 Å². The van der Waals surface area contributed by atoms with E-state index in [1.54, 1.807) is 18.5 Å². The van der Waals surface area contributed by atoms with Crippen LogP contribution in [0.1, 0.15) is 24.6 Å². The molecule has 190 valence electrons. The van der Waals surface area contributed by atoms with Crippen molar-refractivity contribution in [2.24, 2.45) is 5.92 Å². The second-order valence-corrected chi connectivity index (χ2v) is 10.5. The molecular weight excluding hydrogens is 489 g/mol. The van der Waals surface area contributed by atoms with Gasteiger partial charge in [0.1, 0.15) is 29.4 Å². The molecular formula is C26H28FN9S. The highest BCUT2D eigenvalue weighted by molar-refractivity contribution is 7.98. The zero-order valence-electron chi connectivity index (χ0n) is 21.0. The summed E-state index contributed by atoms with van der Waals surface area (Å²) in [4.78, 5) is 26.1. The molecule has 0 saturated carbocycles. The SMILES string of the molecule is Cc1cc(N2CC[C@@H](C)[C@@H](N(C)c3ncnc4[nH]ccc34)C2)n2nc(SCc3ccc(F)cc3)nc2n1. The van der Waals surface area contributed by atoms with Crippen molar-refractivity contribution in [1.82, 2.24) is 34.5 Å². The minimum atomic E-state index is -0.235. The number of thioether (sulfide) groups is 1. The van der Waals surface area contributed by atoms with Gasteiger partial charge in [-0.05, 0) is 43.0 Å². The van der Waals surface area contributed by atoms with Crippen LogP contribution in [0.2, 0.25) is 0 Å². The van der Waals surface area contributed by atoms with Gasteiger partial charge in [0.05, 0.1) is 11.4 Å². The highest BCUT2D eigenvalue weighted by Crippen LogP contribution is 2.31. The minimum absolute atomic E-state index is 0.235. The molecule has 9 nitrogen and oxygen atoms in total. The Morgan fingerprint density at radius 2 is 2.00 bits per heavy atom. The first-order valence-corrected chi connectivity index (χ1v) is 13.3. The normalized spacial score (nSPS) is 18.1. The van der Waals surface area contributed by atoms with E-state index in [0.29, 0.717) is 22.6 Å². The fourth-order valence-corrected chi connectivity index (χ4v) is 5.80. The van der Waals surface area contributed by atoms with E-state index in [1.807, 2.05) is 23.7 Å². The van der Waals surface area contributed by atoms with Gasteiger partial charge in [-0.2, -0.15) is 9.50 Å². The largest absolute Gasteiger partial charge is 0.354 e. The molecule has 0 radical (unpaired) electrons. The van der Waals surface area contributed by atoms with E-state index in [0.717, 1.165) is 53.4 Å². The molecule has 1 saturated heterocycles. The van der Waals surface area contributed by atoms with E-state index in [4.69, 9.17) is 5.10 Å². The number of piperidine rings is 1. The lowest BCUT2D eigenvalue weighted by Crippen LogP contribution is -2.51. The van der Waals surface area contributed by atoms with Crippen LogP contribution >= 0.6 is 11.8 Å². The Labute approximate surface area is 218 Å². The number of benzene rings is 1. The smallest absolute Gasteiger partial charge is 0.255 e. The average molecular weight is 518 g/mol. The van der Waals surface area contributed by atoms with Crippen LogP contribution in [0.25, 0.3) is 16.8 Å². The first-order valence-electron chi connectivity index (χ1n) is 12.3. The second kappa shape index (κ2) is 9.62. The number of halogens is 1. The number of aromatic nitrogens is 7. The number of likely N-dealkylation sites (N-methyl/N-ethyl adjacent to an activating group) is 1. The highest BCUT2D eigenvalue weighted by Gasteiger charge is 2.32. The van der Waals surface area contributed by atoms with Crippen molar-refractivity contribution in [3.8, 4) is 0 Å². The van der Waals surface area contributed by atoms with Crippen LogP contribution in [0, 0.1) is 18.7 Å². The predicted octanol–water partition coefficient (Wildman–Crippen LogP) is 4.49. The Bertz CT molecular complexity index is 1550. The average Bonchev–Trinajstić information content (AvgIpc) is 3.54. The summed E-state index contributed by atoms with van der Waals surface area (Å²) < 4.78 is 15.1. The number of anilines is 2. The Balaban J connectivity index is 1.27. The predicted molar refractivity (Wildman–Crippen MR) is 144 cm³/mol. The molecule has 2 atom stereocenters. The van der Waals surface area contributed by atoms with Crippen molar-refractivity contribution in [2.75, 3.05) is 29.9 Å². The van der Waals surface area contributed by atoms with Crippen molar-refractivity contribution in [2.45, 2.75) is 37.2 Å². The summed E-state index contributed by atoms with van der Waals surface area (Å²) in [7, 11) is 2.12. The van der Waals surface area contributed by atoms with Gasteiger partial charge in [-0.15, -0.1) is 5.10 Å². The Kier molecular flexibility index (Phi) is 6.15. The van der Waals surface area contributed by atoms with Gasteiger partial charge in [0.2, 0.25) is 5.16 Å². The van der Waals surface area contributed by atoms with Crippen molar-refractivity contribution in [3.63, 3.8) is 0 Å². The van der Waals surface area contributed by atoms with E-state index in [2.05, 4.69) is 54.8 Å². The number of aromatic amines is 1. The number of nitrogens with zero attached hydrogens (tertiary/aromatic N) is 8. The van der Waals surface area contributed by atoms with E-state index in [9.17, 15) is 4.39 Å². The van der Waals surface area contributed by atoms with Crippen molar-refractivity contribution >= 4 is 40.2 Å². The van der Waals surface area contributed by atoms with Gasteiger partial charge in [-0.1, -0.05) is 30.8 Å². The van der Waals surface area contributed by atoms with Crippen LogP contribution in [0.3, 0.4) is 0 Å². The summed E-state index contributed by atoms with van der Waals surface area (Å²) in [5, 5.41) is 6.47. The van der Waals surface area contributed by atoms with Gasteiger partial charge in [0.25, 0.3) is 5.78 Å². The van der Waals surface area contributed by atoms with Gasteiger partial charge in [-0.3, -0.25) is 0 Å². The van der Waals surface area contributed by atoms with Crippen molar-refractivity contribution in [1.29, 1.82) is 0 Å². The molecule has 5 aromatic rings. The van der Waals surface area contributed by atoms with Gasteiger partial charge in [0.15, 0.2) is 0 Å². The summed E-state index contributed by atoms with van der Waals surface area (Å²) in [6, 6.07) is 10.9. The standard InChI is InChI=1S/C26H28FN9S/c1-16-9-11-35(13-21(16)34(3)24-20-8-10-28-23(20)29-15-30-24)22-12-17(2)31-25-32-26(33-36(22)25)37-14-18-4-6-19(27)7-5-18/h4-8,10,12,15-16,21H,9,11,13-14H2,1-3H3,(H,28,29,30)/t16-,21+/m1/s1. The number of aryl methyl sites for hydroxylation is 1. The number of nitrogens with one attached hydrogen (secondary N) is 1. The maximum atomic E-state index is 13.2. The van der Waals surface area contributed by atoms with E-state index >= 15 is 0 Å². The van der Waals surface area contributed by atoms with Crippen LogP contribution in [0.15, 0.2) is 54.1 Å². The van der Waals surface area contributed by atoms with Crippen LogP contribution in [0.5, 0.6) is 0 Å². The topological polar surface area (TPSA) is 91.1 Å². The third-order valence-corrected chi connectivity index (χ3v) is 8.00. The number of fused-ring (bicyclic) bond motifs is 2. The lowest BCUT2D eigenvalue weighted by molar-refractivity contribution is 0.365. The van der Waals surface area contributed by atoms with E-state index < -0.39 is 0 Å². The van der Waals surface area contributed by atoms with Crippen LogP contribution in [0.4, 0.5) is 16.0 Å². The first kappa shape index (κ1) is 23.7. The lowest BCUT2D eigenvalue weighted by Gasteiger charge is -2.43. The molecule has 37 heavy (non-hydrogen) atoms. The number of H-pyrrole nitrogens is 1. The molecule has 0 aliphatic carbocycles. The quantitative estimate of drug-likeness (QED) is 0.330. The van der Waals surface area contributed by atoms with Crippen LogP contribution in [-0.2, 0) is 5.75 Å². The molecule has 0 bridgehead atoms. The van der Waals surface area contributed by atoms with Gasteiger partial charge in [-0.25, -0.2) is 19.3 Å². The summed E-state index contributed by atoms with van der Waals surface area (Å²) in [6.45, 7) is 6.04. The molecule has 1 N–H and O–H groups in total. The first-order chi connectivity index (χ1) is 18.0. The highest BCUT2D eigenvalue weighted by atomic mass is 32.2. The van der Waals surface area contributed by atoms with Crippen molar-refractivity contribution < 1.29 is 4.39 Å². The maximum absolute atomic E-state index is 13.2. The molecule has 4 aromatic heterocycles. The lowest BCUT2D eigenvalue weighted by atomic mass is 9.92. The third kappa shape index (κ3) is 4.59. The molecule has 1 fully saturated rings. The van der Waals surface area contributed by atoms with Gasteiger partial charge >= 0.3 is 0 Å². The Morgan fingerprint density at radius 3 is 2.84 bits per heavy atom. The third-order valence-electron chi connectivity index (χ3n) is 7.09. The molecule has 0 spiro atoms. The summed E-state index contributed by atoms with van der Waals surface area (Å²) in [6.07, 6.45) is 4.56. The number of hydrogen-bond donors (Lipinski definition) is 1. The minimum Gasteiger partial charge on any atom is -0.354 e. The molecule has 0 amide bonds. The number of hydrogen-bond acceptors (Lipinski definition) is 8. The molecule has 1 aliphatic rings. The molecule has 5 heterocycles. The summed E-state index contributed by atoms with van der Waals surface area (Å²) in [5.41, 5.74) is 2.77. The maximum Gasteiger partial charge on any atom is 0.255 e. The summed E-state index contributed by atoms with van der Waals surface area (Å²) >= 11 is 1.52. The van der Waals surface area contributed by atoms with Crippen molar-refractivity contribution in [3.05, 3.63) is 66.0 Å².